The number of anilines is 2. The quantitative estimate of drug-likeness (QED) is 0.196. The lowest BCUT2D eigenvalue weighted by Crippen LogP contribution is -2.44. The zero-order chi connectivity index (χ0) is 32.3. The molecule has 2 aliphatic rings. The second kappa shape index (κ2) is 13.7. The van der Waals surface area contributed by atoms with Crippen LogP contribution in [0.5, 0.6) is 0 Å². The van der Waals surface area contributed by atoms with E-state index in [4.69, 9.17) is 0 Å². The Bertz CT molecular complexity index is 1720. The molecule has 2 N–H and O–H groups in total. The molecular weight excluding hydrogens is 646 g/mol. The van der Waals surface area contributed by atoms with E-state index in [0.29, 0.717) is 42.9 Å². The number of aryl methyl sites for hydroxylation is 1. The first kappa shape index (κ1) is 31.8. The molecule has 1 aromatic heterocycles. The van der Waals surface area contributed by atoms with Gasteiger partial charge in [-0.3, -0.25) is 14.3 Å². The number of carbonyl (C=O) groups is 2. The highest BCUT2D eigenvalue weighted by Crippen LogP contribution is 2.46. The van der Waals surface area contributed by atoms with Crippen molar-refractivity contribution in [3.8, 4) is 0 Å². The molecule has 238 valence electrons. The summed E-state index contributed by atoms with van der Waals surface area (Å²) in [5.74, 6) is -0.976. The van der Waals surface area contributed by atoms with E-state index in [0.717, 1.165) is 40.7 Å². The van der Waals surface area contributed by atoms with Gasteiger partial charge in [0.1, 0.15) is 0 Å². The minimum absolute atomic E-state index is 0.0632. The number of amides is 2. The molecule has 10 heteroatoms. The normalized spacial score (nSPS) is 19.6. The number of allylic oxidation sites excluding steroid dienone is 1. The molecule has 9 nitrogen and oxygen atoms in total. The molecule has 3 heterocycles. The smallest absolute Gasteiger partial charge is 0.264 e. The minimum Gasteiger partial charge on any atom is -0.395 e. The van der Waals surface area contributed by atoms with Crippen molar-refractivity contribution in [3.63, 3.8) is 0 Å². The number of nitrogens with zero attached hydrogens (tertiary/aromatic N) is 5. The van der Waals surface area contributed by atoms with Gasteiger partial charge in [0, 0.05) is 47.3 Å². The molecule has 0 saturated carbocycles. The van der Waals surface area contributed by atoms with Crippen LogP contribution in [0.4, 0.5) is 11.4 Å². The summed E-state index contributed by atoms with van der Waals surface area (Å²) in [7, 11) is 0. The van der Waals surface area contributed by atoms with Gasteiger partial charge in [0.2, 0.25) is 5.91 Å². The number of rotatable bonds is 11. The van der Waals surface area contributed by atoms with Gasteiger partial charge < -0.3 is 20.0 Å². The lowest BCUT2D eigenvalue weighted by molar-refractivity contribution is -0.139. The summed E-state index contributed by atoms with van der Waals surface area (Å²) in [4.78, 5) is 29.8. The lowest BCUT2D eigenvalue weighted by Gasteiger charge is -2.28. The number of aliphatic hydroxyl groups is 2. The standard InChI is InChI=1S/C36H38BrN5O4/c1-25(9-5-7-19-40-23-32(38-39-40)30(24-43)27-10-3-2-4-11-27)36(46)31-21-28(37)15-18-33(31)42(35(36)45)22-26-13-16-29(17-14-26)41-20-8-6-12-34(41)44/h2-5,9-11,13-18,21,23,25,30,43,46H,6-8,12,19-20,22,24H2,1H3/b9-5+/t25-,30?,36+/m1/s1. The van der Waals surface area contributed by atoms with Crippen LogP contribution in [0.25, 0.3) is 0 Å². The molecule has 3 atom stereocenters. The number of halogens is 1. The van der Waals surface area contributed by atoms with Crippen LogP contribution in [0.3, 0.4) is 0 Å². The molecule has 4 aromatic rings. The Hall–Kier alpha value is -4.12. The molecule has 1 unspecified atom stereocenters. The van der Waals surface area contributed by atoms with E-state index in [1.807, 2.05) is 103 Å². The number of aromatic nitrogens is 3. The fraction of sp³-hybridized carbons (Fsp3) is 0.333. The molecular formula is C36H38BrN5O4. The predicted molar refractivity (Wildman–Crippen MR) is 180 cm³/mol. The van der Waals surface area contributed by atoms with Crippen LogP contribution in [0, 0.1) is 5.92 Å². The number of benzene rings is 3. The van der Waals surface area contributed by atoms with E-state index in [1.165, 1.54) is 0 Å². The Labute approximate surface area is 277 Å². The van der Waals surface area contributed by atoms with Crippen LogP contribution in [-0.2, 0) is 28.3 Å². The van der Waals surface area contributed by atoms with E-state index >= 15 is 0 Å². The van der Waals surface area contributed by atoms with E-state index < -0.39 is 11.5 Å². The Morgan fingerprint density at radius 2 is 1.83 bits per heavy atom. The average molecular weight is 685 g/mol. The molecule has 3 aromatic carbocycles. The van der Waals surface area contributed by atoms with Crippen LogP contribution in [0.15, 0.2) is 95.6 Å². The molecule has 2 aliphatic heterocycles. The van der Waals surface area contributed by atoms with Crippen LogP contribution in [-0.4, -0.2) is 50.2 Å². The summed E-state index contributed by atoms with van der Waals surface area (Å²) in [6.07, 6.45) is 8.81. The minimum atomic E-state index is -1.74. The third-order valence-electron chi connectivity index (χ3n) is 9.05. The average Bonchev–Trinajstić information content (AvgIpc) is 3.62. The number of aliphatic hydroxyl groups excluding tert-OH is 1. The maximum absolute atomic E-state index is 14.0. The molecule has 2 amide bonds. The van der Waals surface area contributed by atoms with Gasteiger partial charge in [-0.05, 0) is 60.7 Å². The van der Waals surface area contributed by atoms with Crippen molar-refractivity contribution >= 4 is 39.1 Å². The van der Waals surface area contributed by atoms with Gasteiger partial charge in [-0.15, -0.1) is 5.10 Å². The molecule has 46 heavy (non-hydrogen) atoms. The molecule has 1 fully saturated rings. The number of hydrogen-bond acceptors (Lipinski definition) is 6. The molecule has 0 aliphatic carbocycles. The van der Waals surface area contributed by atoms with Gasteiger partial charge >= 0.3 is 0 Å². The van der Waals surface area contributed by atoms with Crippen LogP contribution in [0.1, 0.15) is 60.9 Å². The molecule has 6 rings (SSSR count). The fourth-order valence-corrected chi connectivity index (χ4v) is 6.76. The number of hydrogen-bond donors (Lipinski definition) is 2. The SMILES string of the molecule is C[C@H](/C=C/CCn1cc(C(CO)c2ccccc2)nn1)[C@@]1(O)C(=O)N(Cc2ccc(N3CCCCC3=O)cc2)c2ccc(Br)cc21. The molecule has 0 spiro atoms. The predicted octanol–water partition coefficient (Wildman–Crippen LogP) is 5.70. The third-order valence-corrected chi connectivity index (χ3v) is 9.54. The first-order valence-electron chi connectivity index (χ1n) is 15.8. The van der Waals surface area contributed by atoms with Crippen molar-refractivity contribution in [2.45, 2.75) is 57.2 Å². The Morgan fingerprint density at radius 1 is 1.04 bits per heavy atom. The maximum atomic E-state index is 14.0. The highest BCUT2D eigenvalue weighted by Gasteiger charge is 2.52. The van der Waals surface area contributed by atoms with E-state index in [2.05, 4.69) is 26.2 Å². The van der Waals surface area contributed by atoms with Crippen LogP contribution >= 0.6 is 15.9 Å². The van der Waals surface area contributed by atoms with E-state index in [-0.39, 0.29) is 24.3 Å². The second-order valence-corrected chi connectivity index (χ2v) is 13.0. The monoisotopic (exact) mass is 683 g/mol. The van der Waals surface area contributed by atoms with Gasteiger partial charge in [-0.25, -0.2) is 0 Å². The highest BCUT2D eigenvalue weighted by atomic mass is 79.9. The maximum Gasteiger partial charge on any atom is 0.264 e. The Kier molecular flexibility index (Phi) is 9.49. The van der Waals surface area contributed by atoms with Crippen molar-refractivity contribution < 1.29 is 19.8 Å². The number of carbonyl (C=O) groups excluding carboxylic acids is 2. The fourth-order valence-electron chi connectivity index (χ4n) is 6.40. The van der Waals surface area contributed by atoms with Crippen molar-refractivity contribution in [1.82, 2.24) is 15.0 Å². The van der Waals surface area contributed by atoms with Crippen molar-refractivity contribution in [2.24, 2.45) is 5.92 Å². The van der Waals surface area contributed by atoms with Crippen molar-refractivity contribution in [2.75, 3.05) is 23.0 Å². The highest BCUT2D eigenvalue weighted by molar-refractivity contribution is 9.10. The summed E-state index contributed by atoms with van der Waals surface area (Å²) < 4.78 is 2.52. The first-order chi connectivity index (χ1) is 22.3. The number of fused-ring (bicyclic) bond motifs is 1. The van der Waals surface area contributed by atoms with Gasteiger partial charge in [0.25, 0.3) is 5.91 Å². The third kappa shape index (κ3) is 6.29. The summed E-state index contributed by atoms with van der Waals surface area (Å²) in [5, 5.41) is 30.5. The van der Waals surface area contributed by atoms with Gasteiger partial charge in [-0.2, -0.15) is 0 Å². The number of piperidine rings is 1. The molecule has 1 saturated heterocycles. The van der Waals surface area contributed by atoms with Crippen molar-refractivity contribution in [1.29, 1.82) is 0 Å². The first-order valence-corrected chi connectivity index (χ1v) is 16.5. The van der Waals surface area contributed by atoms with Gasteiger partial charge in [-0.1, -0.05) is 82.7 Å². The zero-order valence-electron chi connectivity index (χ0n) is 25.8. The second-order valence-electron chi connectivity index (χ2n) is 12.0. The van der Waals surface area contributed by atoms with Crippen LogP contribution in [0.2, 0.25) is 0 Å². The van der Waals surface area contributed by atoms with Gasteiger partial charge in [0.05, 0.1) is 30.5 Å². The summed E-state index contributed by atoms with van der Waals surface area (Å²) >= 11 is 3.52. The summed E-state index contributed by atoms with van der Waals surface area (Å²) in [6, 6.07) is 23.1. The van der Waals surface area contributed by atoms with E-state index in [1.54, 1.807) is 9.58 Å². The molecule has 0 bridgehead atoms. The topological polar surface area (TPSA) is 112 Å². The van der Waals surface area contributed by atoms with Crippen molar-refractivity contribution in [3.05, 3.63) is 118 Å². The Morgan fingerprint density at radius 3 is 2.57 bits per heavy atom. The lowest BCUT2D eigenvalue weighted by atomic mass is 9.83. The zero-order valence-corrected chi connectivity index (χ0v) is 27.4. The van der Waals surface area contributed by atoms with Gasteiger partial charge in [0.15, 0.2) is 5.60 Å². The molecule has 0 radical (unpaired) electrons. The largest absolute Gasteiger partial charge is 0.395 e. The van der Waals surface area contributed by atoms with Crippen LogP contribution < -0.4 is 9.80 Å². The van der Waals surface area contributed by atoms with E-state index in [9.17, 15) is 19.8 Å². The Balaban J connectivity index is 1.14. The summed E-state index contributed by atoms with van der Waals surface area (Å²) in [6.45, 7) is 3.37. The summed E-state index contributed by atoms with van der Waals surface area (Å²) in [5.41, 5.74) is 2.97.